The number of hydrogen-bond donors (Lipinski definition) is 1. The van der Waals surface area contributed by atoms with E-state index in [0.29, 0.717) is 11.8 Å². The van der Waals surface area contributed by atoms with Crippen LogP contribution in [0.15, 0.2) is 54.6 Å². The Balaban J connectivity index is 2.19. The lowest BCUT2D eigenvalue weighted by molar-refractivity contribution is -0.137. The van der Waals surface area contributed by atoms with E-state index in [1.165, 1.54) is 12.1 Å². The predicted octanol–water partition coefficient (Wildman–Crippen LogP) is 2.28. The summed E-state index contributed by atoms with van der Waals surface area (Å²) in [7, 11) is 0. The summed E-state index contributed by atoms with van der Waals surface area (Å²) in [5, 5.41) is 9.52. The Kier molecular flexibility index (Phi) is 3.93. The molecule has 0 aliphatic carbocycles. The fourth-order valence-electron chi connectivity index (χ4n) is 1.65. The molecular weight excluding hydrogens is 244 g/mol. The SMILES string of the molecule is O=CC(C(=O)Oc1ccccc1O)c1ccccc1. The third kappa shape index (κ3) is 2.98. The molecule has 2 rings (SSSR count). The largest absolute Gasteiger partial charge is 0.504 e. The van der Waals surface area contributed by atoms with Gasteiger partial charge in [-0.05, 0) is 17.7 Å². The molecule has 96 valence electrons. The van der Waals surface area contributed by atoms with Crippen molar-refractivity contribution in [3.05, 3.63) is 60.2 Å². The second kappa shape index (κ2) is 5.82. The minimum atomic E-state index is -0.999. The van der Waals surface area contributed by atoms with E-state index in [-0.39, 0.29) is 11.5 Å². The zero-order valence-electron chi connectivity index (χ0n) is 10.0. The molecule has 0 bridgehead atoms. The molecule has 4 heteroatoms. The summed E-state index contributed by atoms with van der Waals surface area (Å²) >= 11 is 0. The molecular formula is C15H12O4. The van der Waals surface area contributed by atoms with Gasteiger partial charge in [-0.15, -0.1) is 0 Å². The fraction of sp³-hybridized carbons (Fsp3) is 0.0667. The topological polar surface area (TPSA) is 63.6 Å². The molecule has 0 fully saturated rings. The number of aldehydes is 1. The van der Waals surface area contributed by atoms with Gasteiger partial charge in [0.1, 0.15) is 12.2 Å². The highest BCUT2D eigenvalue weighted by molar-refractivity contribution is 5.95. The van der Waals surface area contributed by atoms with Crippen LogP contribution < -0.4 is 4.74 Å². The Bertz CT molecular complexity index is 578. The van der Waals surface area contributed by atoms with Gasteiger partial charge in [0.15, 0.2) is 11.5 Å². The number of rotatable bonds is 4. The highest BCUT2D eigenvalue weighted by Crippen LogP contribution is 2.26. The van der Waals surface area contributed by atoms with Gasteiger partial charge in [0.25, 0.3) is 0 Å². The first-order valence-corrected chi connectivity index (χ1v) is 5.72. The van der Waals surface area contributed by atoms with E-state index < -0.39 is 11.9 Å². The molecule has 0 heterocycles. The van der Waals surface area contributed by atoms with Gasteiger partial charge in [-0.3, -0.25) is 4.79 Å². The summed E-state index contributed by atoms with van der Waals surface area (Å²) in [5.41, 5.74) is 0.554. The van der Waals surface area contributed by atoms with Crippen molar-refractivity contribution in [2.24, 2.45) is 0 Å². The van der Waals surface area contributed by atoms with Crippen LogP contribution in [0.2, 0.25) is 0 Å². The van der Waals surface area contributed by atoms with Gasteiger partial charge in [-0.25, -0.2) is 0 Å². The van der Waals surface area contributed by atoms with Crippen LogP contribution in [0.4, 0.5) is 0 Å². The number of benzene rings is 2. The molecule has 0 amide bonds. The average Bonchev–Trinajstić information content (AvgIpc) is 2.43. The van der Waals surface area contributed by atoms with Gasteiger partial charge in [0, 0.05) is 0 Å². The molecule has 1 unspecified atom stereocenters. The molecule has 19 heavy (non-hydrogen) atoms. The summed E-state index contributed by atoms with van der Waals surface area (Å²) in [6, 6.07) is 14.7. The van der Waals surface area contributed by atoms with E-state index in [0.717, 1.165) is 0 Å². The summed E-state index contributed by atoms with van der Waals surface area (Å²) in [5.74, 6) is -1.83. The normalized spacial score (nSPS) is 11.6. The number of phenolic OH excluding ortho intramolecular Hbond substituents is 1. The predicted molar refractivity (Wildman–Crippen MR) is 69.0 cm³/mol. The molecule has 0 spiro atoms. The molecule has 2 aromatic rings. The van der Waals surface area contributed by atoms with Crippen molar-refractivity contribution < 1.29 is 19.4 Å². The van der Waals surface area contributed by atoms with E-state index in [2.05, 4.69) is 0 Å². The molecule has 0 aliphatic heterocycles. The molecule has 0 saturated heterocycles. The van der Waals surface area contributed by atoms with E-state index in [1.807, 2.05) is 0 Å². The van der Waals surface area contributed by atoms with Gasteiger partial charge in [0.2, 0.25) is 0 Å². The second-order valence-electron chi connectivity index (χ2n) is 3.91. The Hall–Kier alpha value is -2.62. The standard InChI is InChI=1S/C15H12O4/c16-10-12(11-6-2-1-3-7-11)15(18)19-14-9-5-4-8-13(14)17/h1-10,12,17H. The number of phenols is 1. The Labute approximate surface area is 110 Å². The van der Waals surface area contributed by atoms with Crippen molar-refractivity contribution in [2.75, 3.05) is 0 Å². The third-order valence-corrected chi connectivity index (χ3v) is 2.62. The first kappa shape index (κ1) is 12.8. The number of para-hydroxylation sites is 2. The maximum absolute atomic E-state index is 11.9. The summed E-state index contributed by atoms with van der Waals surface area (Å²) in [6.45, 7) is 0. The highest BCUT2D eigenvalue weighted by atomic mass is 16.5. The third-order valence-electron chi connectivity index (χ3n) is 2.62. The molecule has 1 N–H and O–H groups in total. The van der Waals surface area contributed by atoms with Crippen molar-refractivity contribution >= 4 is 12.3 Å². The van der Waals surface area contributed by atoms with E-state index in [1.54, 1.807) is 42.5 Å². The lowest BCUT2D eigenvalue weighted by Crippen LogP contribution is -2.20. The fourth-order valence-corrected chi connectivity index (χ4v) is 1.65. The lowest BCUT2D eigenvalue weighted by atomic mass is 10.0. The van der Waals surface area contributed by atoms with Crippen LogP contribution >= 0.6 is 0 Å². The summed E-state index contributed by atoms with van der Waals surface area (Å²) in [4.78, 5) is 23.0. The van der Waals surface area contributed by atoms with Crippen molar-refractivity contribution in [1.82, 2.24) is 0 Å². The first-order chi connectivity index (χ1) is 9.22. The number of carbonyl (C=O) groups is 2. The van der Waals surface area contributed by atoms with Crippen LogP contribution in [0.25, 0.3) is 0 Å². The van der Waals surface area contributed by atoms with Crippen LogP contribution in [-0.2, 0) is 9.59 Å². The van der Waals surface area contributed by atoms with Crippen LogP contribution in [0.3, 0.4) is 0 Å². The first-order valence-electron chi connectivity index (χ1n) is 5.72. The van der Waals surface area contributed by atoms with Crippen molar-refractivity contribution in [2.45, 2.75) is 5.92 Å². The van der Waals surface area contributed by atoms with Crippen LogP contribution in [0, 0.1) is 0 Å². The quantitative estimate of drug-likeness (QED) is 0.394. The van der Waals surface area contributed by atoms with Crippen molar-refractivity contribution in [3.63, 3.8) is 0 Å². The smallest absolute Gasteiger partial charge is 0.326 e. The van der Waals surface area contributed by atoms with E-state index in [9.17, 15) is 14.7 Å². The monoisotopic (exact) mass is 256 g/mol. The maximum atomic E-state index is 11.9. The number of aromatic hydroxyl groups is 1. The van der Waals surface area contributed by atoms with E-state index in [4.69, 9.17) is 4.74 Å². The van der Waals surface area contributed by atoms with Crippen LogP contribution in [0.5, 0.6) is 11.5 Å². The number of esters is 1. The van der Waals surface area contributed by atoms with Gasteiger partial charge in [-0.2, -0.15) is 0 Å². The molecule has 1 atom stereocenters. The maximum Gasteiger partial charge on any atom is 0.326 e. The minimum absolute atomic E-state index is 0.0373. The lowest BCUT2D eigenvalue weighted by Gasteiger charge is -2.11. The Morgan fingerprint density at radius 1 is 1.05 bits per heavy atom. The number of carbonyl (C=O) groups excluding carboxylic acids is 2. The van der Waals surface area contributed by atoms with Gasteiger partial charge < -0.3 is 14.6 Å². The van der Waals surface area contributed by atoms with Crippen LogP contribution in [0.1, 0.15) is 11.5 Å². The van der Waals surface area contributed by atoms with Crippen molar-refractivity contribution in [3.8, 4) is 11.5 Å². The van der Waals surface area contributed by atoms with Gasteiger partial charge >= 0.3 is 5.97 Å². The second-order valence-corrected chi connectivity index (χ2v) is 3.91. The Morgan fingerprint density at radius 2 is 1.68 bits per heavy atom. The molecule has 0 aromatic heterocycles. The molecule has 4 nitrogen and oxygen atoms in total. The average molecular weight is 256 g/mol. The van der Waals surface area contributed by atoms with E-state index >= 15 is 0 Å². The molecule has 0 radical (unpaired) electrons. The molecule has 0 aliphatic rings. The minimum Gasteiger partial charge on any atom is -0.504 e. The zero-order valence-corrected chi connectivity index (χ0v) is 10.0. The van der Waals surface area contributed by atoms with Crippen molar-refractivity contribution in [1.29, 1.82) is 0 Å². The highest BCUT2D eigenvalue weighted by Gasteiger charge is 2.22. The summed E-state index contributed by atoms with van der Waals surface area (Å²) < 4.78 is 5.03. The zero-order chi connectivity index (χ0) is 13.7. The summed E-state index contributed by atoms with van der Waals surface area (Å²) in [6.07, 6.45) is 0.525. The van der Waals surface area contributed by atoms with Crippen LogP contribution in [-0.4, -0.2) is 17.4 Å². The molecule has 2 aromatic carbocycles. The number of ether oxygens (including phenoxy) is 1. The molecule has 0 saturated carbocycles. The number of hydrogen-bond acceptors (Lipinski definition) is 4. The Morgan fingerprint density at radius 3 is 2.32 bits per heavy atom. The van der Waals surface area contributed by atoms with Gasteiger partial charge in [-0.1, -0.05) is 42.5 Å². The van der Waals surface area contributed by atoms with Gasteiger partial charge in [0.05, 0.1) is 0 Å².